The maximum absolute atomic E-state index is 13.0. The average Bonchev–Trinajstić information content (AvgIpc) is 3.38. The fourth-order valence-electron chi connectivity index (χ4n) is 3.65. The van der Waals surface area contributed by atoms with Gasteiger partial charge in [-0.25, -0.2) is 8.42 Å². The molecule has 2 aromatic heterocycles. The second-order valence-corrected chi connectivity index (χ2v) is 10.5. The van der Waals surface area contributed by atoms with Crippen LogP contribution in [-0.2, 0) is 10.0 Å². The summed E-state index contributed by atoms with van der Waals surface area (Å²) in [5.41, 5.74) is 0.736. The first-order valence-corrected chi connectivity index (χ1v) is 11.9. The van der Waals surface area contributed by atoms with Crippen molar-refractivity contribution in [2.75, 3.05) is 18.4 Å². The molecule has 1 fully saturated rings. The van der Waals surface area contributed by atoms with E-state index < -0.39 is 15.9 Å². The summed E-state index contributed by atoms with van der Waals surface area (Å²) in [6.07, 6.45) is 1.01. The van der Waals surface area contributed by atoms with Gasteiger partial charge < -0.3 is 4.42 Å². The second kappa shape index (κ2) is 8.29. The number of benzene rings is 1. The number of anilines is 1. The van der Waals surface area contributed by atoms with Crippen molar-refractivity contribution in [3.05, 3.63) is 46.7 Å². The molecule has 10 heteroatoms. The zero-order valence-corrected chi connectivity index (χ0v) is 18.2. The fraction of sp³-hybridized carbons (Fsp3) is 0.350. The third-order valence-corrected chi connectivity index (χ3v) is 7.83. The van der Waals surface area contributed by atoms with Crippen molar-refractivity contribution in [2.45, 2.75) is 25.2 Å². The van der Waals surface area contributed by atoms with E-state index in [4.69, 9.17) is 4.42 Å². The normalized spacial score (nSPS) is 20.2. The van der Waals surface area contributed by atoms with Crippen LogP contribution in [0.15, 0.2) is 51.1 Å². The number of nitrogens with zero attached hydrogens (tertiary/aromatic N) is 3. The van der Waals surface area contributed by atoms with Gasteiger partial charge in [-0.3, -0.25) is 10.1 Å². The van der Waals surface area contributed by atoms with Gasteiger partial charge in [-0.05, 0) is 36.5 Å². The first-order valence-electron chi connectivity index (χ1n) is 9.62. The number of sulfonamides is 1. The summed E-state index contributed by atoms with van der Waals surface area (Å²) in [5, 5.41) is 11.8. The Balaban J connectivity index is 1.47. The summed E-state index contributed by atoms with van der Waals surface area (Å²) in [6, 6.07) is 10.5. The molecule has 30 heavy (non-hydrogen) atoms. The van der Waals surface area contributed by atoms with Crippen LogP contribution in [0.1, 0.15) is 29.9 Å². The van der Waals surface area contributed by atoms with Crippen molar-refractivity contribution in [1.82, 2.24) is 14.5 Å². The Bertz CT molecular complexity index is 1130. The van der Waals surface area contributed by atoms with E-state index in [1.807, 2.05) is 30.3 Å². The van der Waals surface area contributed by atoms with Gasteiger partial charge in [0, 0.05) is 24.0 Å². The van der Waals surface area contributed by atoms with Gasteiger partial charge >= 0.3 is 6.01 Å². The topological polar surface area (TPSA) is 105 Å². The smallest absolute Gasteiger partial charge is 0.322 e. The number of carbonyl (C=O) groups is 1. The molecule has 158 valence electrons. The molecule has 1 amide bonds. The number of hydrogen-bond acceptors (Lipinski definition) is 7. The summed E-state index contributed by atoms with van der Waals surface area (Å²) < 4.78 is 33.0. The maximum atomic E-state index is 13.0. The highest BCUT2D eigenvalue weighted by Crippen LogP contribution is 2.29. The summed E-state index contributed by atoms with van der Waals surface area (Å²) in [4.78, 5) is 12.9. The number of aromatic nitrogens is 2. The van der Waals surface area contributed by atoms with Gasteiger partial charge in [-0.15, -0.1) is 16.4 Å². The van der Waals surface area contributed by atoms with Crippen LogP contribution in [-0.4, -0.2) is 41.9 Å². The van der Waals surface area contributed by atoms with Crippen LogP contribution in [0.3, 0.4) is 0 Å². The summed E-state index contributed by atoms with van der Waals surface area (Å²) >= 11 is 1.06. The molecule has 0 aliphatic carbocycles. The van der Waals surface area contributed by atoms with E-state index >= 15 is 0 Å². The van der Waals surface area contributed by atoms with Crippen LogP contribution in [0.2, 0.25) is 0 Å². The van der Waals surface area contributed by atoms with Gasteiger partial charge in [0.2, 0.25) is 15.9 Å². The zero-order chi connectivity index (χ0) is 21.3. The van der Waals surface area contributed by atoms with Gasteiger partial charge in [0.05, 0.1) is 9.77 Å². The van der Waals surface area contributed by atoms with Gasteiger partial charge in [0.1, 0.15) is 0 Å². The van der Waals surface area contributed by atoms with Gasteiger partial charge in [0.25, 0.3) is 5.91 Å². The predicted molar refractivity (Wildman–Crippen MR) is 114 cm³/mol. The zero-order valence-electron chi connectivity index (χ0n) is 16.6. The molecule has 1 saturated heterocycles. The van der Waals surface area contributed by atoms with Gasteiger partial charge in [0.15, 0.2) is 0 Å². The van der Waals surface area contributed by atoms with Gasteiger partial charge in [-0.1, -0.05) is 37.1 Å². The lowest BCUT2D eigenvalue weighted by atomic mass is 9.94. The highest BCUT2D eigenvalue weighted by molar-refractivity contribution is 7.89. The molecular formula is C20H22N4O4S2. The molecule has 8 nitrogen and oxygen atoms in total. The number of amides is 1. The Morgan fingerprint density at radius 2 is 1.87 bits per heavy atom. The van der Waals surface area contributed by atoms with Crippen LogP contribution in [0.5, 0.6) is 0 Å². The number of carbonyl (C=O) groups excluding carboxylic acids is 1. The number of thiophene rings is 1. The van der Waals surface area contributed by atoms with Crippen molar-refractivity contribution < 1.29 is 17.6 Å². The number of hydrogen-bond donors (Lipinski definition) is 1. The summed E-state index contributed by atoms with van der Waals surface area (Å²) in [5.74, 6) is 0.404. The van der Waals surface area contributed by atoms with Gasteiger partial charge in [-0.2, -0.15) is 4.31 Å². The Hall–Kier alpha value is -2.56. The molecule has 1 aliphatic rings. The molecule has 3 heterocycles. The third kappa shape index (κ3) is 4.30. The van der Waals surface area contributed by atoms with Crippen LogP contribution in [0.25, 0.3) is 11.5 Å². The minimum atomic E-state index is -3.63. The van der Waals surface area contributed by atoms with E-state index in [9.17, 15) is 13.2 Å². The van der Waals surface area contributed by atoms with E-state index in [-0.39, 0.29) is 21.7 Å². The summed E-state index contributed by atoms with van der Waals surface area (Å²) in [6.45, 7) is 5.10. The van der Waals surface area contributed by atoms with Crippen molar-refractivity contribution >= 4 is 33.3 Å². The molecular weight excluding hydrogens is 424 g/mol. The first-order chi connectivity index (χ1) is 14.3. The molecule has 3 aromatic rings. The van der Waals surface area contributed by atoms with E-state index in [1.165, 1.54) is 15.8 Å². The highest BCUT2D eigenvalue weighted by Gasteiger charge is 2.32. The van der Waals surface area contributed by atoms with Crippen LogP contribution >= 0.6 is 11.3 Å². The molecule has 2 atom stereocenters. The minimum absolute atomic E-state index is 0.0460. The molecule has 4 rings (SSSR count). The Labute approximate surface area is 179 Å². The monoisotopic (exact) mass is 446 g/mol. The second-order valence-electron chi connectivity index (χ2n) is 7.65. The Kier molecular flexibility index (Phi) is 5.72. The molecule has 0 bridgehead atoms. The van der Waals surface area contributed by atoms with E-state index in [2.05, 4.69) is 29.4 Å². The van der Waals surface area contributed by atoms with Crippen LogP contribution < -0.4 is 5.32 Å². The Morgan fingerprint density at radius 3 is 2.57 bits per heavy atom. The lowest BCUT2D eigenvalue weighted by Crippen LogP contribution is -2.42. The molecule has 0 saturated carbocycles. The molecule has 1 aliphatic heterocycles. The lowest BCUT2D eigenvalue weighted by molar-refractivity contribution is 0.102. The van der Waals surface area contributed by atoms with Crippen LogP contribution in [0, 0.1) is 11.8 Å². The number of rotatable bonds is 5. The minimum Gasteiger partial charge on any atom is -0.403 e. The van der Waals surface area contributed by atoms with E-state index in [0.29, 0.717) is 24.9 Å². The fourth-order valence-corrected chi connectivity index (χ4v) is 6.49. The van der Waals surface area contributed by atoms with Crippen molar-refractivity contribution in [3.63, 3.8) is 0 Å². The first kappa shape index (κ1) is 20.7. The highest BCUT2D eigenvalue weighted by atomic mass is 32.2. The Morgan fingerprint density at radius 1 is 1.17 bits per heavy atom. The number of piperidine rings is 1. The SMILES string of the molecule is C[C@@H]1C[C@H](C)CN(S(=O)(=O)c2csc(C(=O)Nc3nnc(-c4ccccc4)o3)c2)C1. The summed E-state index contributed by atoms with van der Waals surface area (Å²) in [7, 11) is -3.63. The number of nitrogens with one attached hydrogen (secondary N) is 1. The molecule has 0 unspecified atom stereocenters. The van der Waals surface area contributed by atoms with E-state index in [1.54, 1.807) is 0 Å². The molecule has 0 spiro atoms. The predicted octanol–water partition coefficient (Wildman–Crippen LogP) is 3.72. The molecule has 1 N–H and O–H groups in total. The van der Waals surface area contributed by atoms with Crippen LogP contribution in [0.4, 0.5) is 6.01 Å². The quantitative estimate of drug-likeness (QED) is 0.640. The van der Waals surface area contributed by atoms with Crippen molar-refractivity contribution in [3.8, 4) is 11.5 Å². The van der Waals surface area contributed by atoms with Crippen molar-refractivity contribution in [1.29, 1.82) is 0 Å². The molecule has 0 radical (unpaired) electrons. The lowest BCUT2D eigenvalue weighted by Gasteiger charge is -2.33. The standard InChI is InChI=1S/C20H22N4O4S2/c1-13-8-14(2)11-24(10-13)30(26,27)16-9-17(29-12-16)18(25)21-20-23-22-19(28-20)15-6-4-3-5-7-15/h3-7,9,12-14H,8,10-11H2,1-2H3,(H,21,23,25)/t13-,14+. The molecule has 1 aromatic carbocycles. The maximum Gasteiger partial charge on any atom is 0.322 e. The van der Waals surface area contributed by atoms with E-state index in [0.717, 1.165) is 23.3 Å². The van der Waals surface area contributed by atoms with Crippen molar-refractivity contribution in [2.24, 2.45) is 11.8 Å². The largest absolute Gasteiger partial charge is 0.403 e. The average molecular weight is 447 g/mol. The third-order valence-electron chi connectivity index (χ3n) is 4.94.